The van der Waals surface area contributed by atoms with Crippen LogP contribution in [0.25, 0.3) is 0 Å². The lowest BCUT2D eigenvalue weighted by atomic mass is 10.3. The van der Waals surface area contributed by atoms with E-state index >= 15 is 0 Å². The van der Waals surface area contributed by atoms with Crippen molar-refractivity contribution in [2.75, 3.05) is 5.32 Å². The maximum Gasteiger partial charge on any atom is 0.326 e. The molecule has 0 unspecified atom stereocenters. The maximum atomic E-state index is 11.4. The van der Waals surface area contributed by atoms with Crippen LogP contribution in [0.3, 0.4) is 0 Å². The van der Waals surface area contributed by atoms with Crippen LogP contribution < -0.4 is 16.4 Å². The highest BCUT2D eigenvalue weighted by Gasteiger charge is 2.02. The van der Waals surface area contributed by atoms with Gasteiger partial charge >= 0.3 is 6.03 Å². The number of guanidine groups is 1. The molecular weight excluding hydrogens is 218 g/mol. The van der Waals surface area contributed by atoms with Crippen LogP contribution >= 0.6 is 0 Å². The van der Waals surface area contributed by atoms with Crippen LogP contribution in [-0.2, 0) is 0 Å². The van der Waals surface area contributed by atoms with Gasteiger partial charge in [-0.2, -0.15) is 5.10 Å². The van der Waals surface area contributed by atoms with Gasteiger partial charge in [-0.3, -0.25) is 5.32 Å². The van der Waals surface area contributed by atoms with Crippen molar-refractivity contribution in [3.8, 4) is 0 Å². The smallest absolute Gasteiger partial charge is 0.326 e. The van der Waals surface area contributed by atoms with Gasteiger partial charge in [0.05, 0.1) is 0 Å². The summed E-state index contributed by atoms with van der Waals surface area (Å²) in [6.07, 6.45) is 0. The second-order valence-electron chi connectivity index (χ2n) is 3.48. The molecular formula is C11H15N5O. The van der Waals surface area contributed by atoms with Crippen molar-refractivity contribution in [3.05, 3.63) is 30.3 Å². The first-order chi connectivity index (χ1) is 8.08. The number of urea groups is 1. The van der Waals surface area contributed by atoms with Crippen LogP contribution in [0.2, 0.25) is 0 Å². The first-order valence-electron chi connectivity index (χ1n) is 5.05. The summed E-state index contributed by atoms with van der Waals surface area (Å²) in [5, 5.41) is 12.3. The topological polar surface area (TPSA) is 91.9 Å². The molecule has 1 aromatic rings. The molecule has 0 aromatic heterocycles. The molecule has 0 saturated carbocycles. The molecule has 6 heteroatoms. The molecule has 17 heavy (non-hydrogen) atoms. The standard InChI is InChI=1S/C11H15N5O/c1-8(2)15-16-10(12)14-11(17)13-9-6-4-3-5-7-9/h3-7H,1-2H3,(H4,12,13,14,16,17). The second kappa shape index (κ2) is 6.26. The molecule has 0 aliphatic heterocycles. The molecule has 0 aliphatic rings. The van der Waals surface area contributed by atoms with Crippen LogP contribution in [0.4, 0.5) is 10.5 Å². The van der Waals surface area contributed by atoms with Crippen molar-refractivity contribution >= 4 is 23.4 Å². The molecule has 0 atom stereocenters. The molecule has 6 nitrogen and oxygen atoms in total. The van der Waals surface area contributed by atoms with Crippen LogP contribution in [-0.4, -0.2) is 17.7 Å². The number of amides is 2. The van der Waals surface area contributed by atoms with E-state index in [9.17, 15) is 4.79 Å². The Balaban J connectivity index is 2.51. The molecule has 0 heterocycles. The fourth-order valence-corrected chi connectivity index (χ4v) is 0.979. The lowest BCUT2D eigenvalue weighted by Gasteiger charge is -2.05. The summed E-state index contributed by atoms with van der Waals surface area (Å²) in [6.45, 7) is 3.56. The molecule has 0 spiro atoms. The van der Waals surface area contributed by atoms with Crippen molar-refractivity contribution < 1.29 is 4.79 Å². The molecule has 0 radical (unpaired) electrons. The van der Waals surface area contributed by atoms with Crippen LogP contribution in [0, 0.1) is 0 Å². The summed E-state index contributed by atoms with van der Waals surface area (Å²) >= 11 is 0. The summed E-state index contributed by atoms with van der Waals surface area (Å²) in [4.78, 5) is 11.4. The highest BCUT2D eigenvalue weighted by Crippen LogP contribution is 2.03. The number of carbonyl (C=O) groups is 1. The molecule has 0 saturated heterocycles. The second-order valence-corrected chi connectivity index (χ2v) is 3.48. The van der Waals surface area contributed by atoms with Crippen LogP contribution in [0.5, 0.6) is 0 Å². The number of para-hydroxylation sites is 1. The monoisotopic (exact) mass is 233 g/mol. The predicted molar refractivity (Wildman–Crippen MR) is 69.0 cm³/mol. The van der Waals surface area contributed by atoms with Crippen molar-refractivity contribution in [1.82, 2.24) is 5.32 Å². The Hall–Kier alpha value is -2.37. The van der Waals surface area contributed by atoms with Gasteiger partial charge in [0.1, 0.15) is 0 Å². The Labute approximate surface area is 99.6 Å². The fourth-order valence-electron chi connectivity index (χ4n) is 0.979. The zero-order valence-electron chi connectivity index (χ0n) is 9.77. The third-order valence-corrected chi connectivity index (χ3v) is 1.63. The number of anilines is 1. The number of hydrogen-bond acceptors (Lipinski definition) is 3. The molecule has 1 aromatic carbocycles. The minimum absolute atomic E-state index is 0.0559. The minimum atomic E-state index is -0.457. The summed E-state index contributed by atoms with van der Waals surface area (Å²) in [5.41, 5.74) is 6.87. The van der Waals surface area contributed by atoms with E-state index in [1.165, 1.54) is 0 Å². The molecule has 90 valence electrons. The van der Waals surface area contributed by atoms with Crippen molar-refractivity contribution in [2.24, 2.45) is 15.9 Å². The van der Waals surface area contributed by atoms with Gasteiger partial charge in [-0.1, -0.05) is 18.2 Å². The van der Waals surface area contributed by atoms with E-state index in [2.05, 4.69) is 20.8 Å². The van der Waals surface area contributed by atoms with Gasteiger partial charge in [0.25, 0.3) is 0 Å². The Morgan fingerprint density at radius 3 is 2.41 bits per heavy atom. The molecule has 0 bridgehead atoms. The Morgan fingerprint density at radius 1 is 1.18 bits per heavy atom. The average Bonchev–Trinajstić information content (AvgIpc) is 2.27. The minimum Gasteiger partial charge on any atom is -0.368 e. The van der Waals surface area contributed by atoms with Gasteiger partial charge < -0.3 is 11.1 Å². The SMILES string of the molecule is CC(C)=NN=C(N)NC(=O)Nc1ccccc1. The van der Waals surface area contributed by atoms with Gasteiger partial charge in [-0.15, -0.1) is 5.10 Å². The zero-order valence-corrected chi connectivity index (χ0v) is 9.77. The number of nitrogens with zero attached hydrogens (tertiary/aromatic N) is 2. The maximum absolute atomic E-state index is 11.4. The summed E-state index contributed by atoms with van der Waals surface area (Å²) in [5.74, 6) is -0.0559. The van der Waals surface area contributed by atoms with Gasteiger partial charge in [-0.25, -0.2) is 4.79 Å². The van der Waals surface area contributed by atoms with E-state index < -0.39 is 6.03 Å². The molecule has 1 rings (SSSR count). The third kappa shape index (κ3) is 5.31. The Bertz CT molecular complexity index is 434. The molecule has 0 aliphatic carbocycles. The van der Waals surface area contributed by atoms with E-state index in [1.807, 2.05) is 18.2 Å². The van der Waals surface area contributed by atoms with E-state index in [1.54, 1.807) is 26.0 Å². The van der Waals surface area contributed by atoms with Gasteiger partial charge in [0, 0.05) is 11.4 Å². The van der Waals surface area contributed by atoms with E-state index in [4.69, 9.17) is 5.73 Å². The fraction of sp³-hybridized carbons (Fsp3) is 0.182. The largest absolute Gasteiger partial charge is 0.368 e. The molecule has 2 amide bonds. The van der Waals surface area contributed by atoms with E-state index in [0.29, 0.717) is 5.69 Å². The summed E-state index contributed by atoms with van der Waals surface area (Å²) in [6, 6.07) is 8.57. The van der Waals surface area contributed by atoms with Gasteiger partial charge in [-0.05, 0) is 26.0 Å². The van der Waals surface area contributed by atoms with Crippen molar-refractivity contribution in [2.45, 2.75) is 13.8 Å². The van der Waals surface area contributed by atoms with Crippen molar-refractivity contribution in [3.63, 3.8) is 0 Å². The number of nitrogens with two attached hydrogens (primary N) is 1. The molecule has 4 N–H and O–H groups in total. The molecule has 0 fully saturated rings. The van der Waals surface area contributed by atoms with Gasteiger partial charge in [0.2, 0.25) is 5.96 Å². The third-order valence-electron chi connectivity index (χ3n) is 1.63. The van der Waals surface area contributed by atoms with Crippen LogP contribution in [0.15, 0.2) is 40.5 Å². The van der Waals surface area contributed by atoms with E-state index in [0.717, 1.165) is 5.71 Å². The quantitative estimate of drug-likeness (QED) is 0.410. The predicted octanol–water partition coefficient (Wildman–Crippen LogP) is 1.52. The summed E-state index contributed by atoms with van der Waals surface area (Å²) < 4.78 is 0. The average molecular weight is 233 g/mol. The number of hydrogen-bond donors (Lipinski definition) is 3. The Morgan fingerprint density at radius 2 is 1.82 bits per heavy atom. The Kier molecular flexibility index (Phi) is 4.68. The highest BCUT2D eigenvalue weighted by molar-refractivity contribution is 6.01. The number of nitrogens with one attached hydrogen (secondary N) is 2. The van der Waals surface area contributed by atoms with Crippen molar-refractivity contribution in [1.29, 1.82) is 0 Å². The lowest BCUT2D eigenvalue weighted by Crippen LogP contribution is -2.39. The summed E-state index contributed by atoms with van der Waals surface area (Å²) in [7, 11) is 0. The van der Waals surface area contributed by atoms with Crippen LogP contribution in [0.1, 0.15) is 13.8 Å². The highest BCUT2D eigenvalue weighted by atomic mass is 16.2. The number of rotatable bonds is 2. The first-order valence-corrected chi connectivity index (χ1v) is 5.05. The normalized spacial score (nSPS) is 10.6. The van der Waals surface area contributed by atoms with Gasteiger partial charge in [0.15, 0.2) is 0 Å². The zero-order chi connectivity index (χ0) is 12.7. The lowest BCUT2D eigenvalue weighted by molar-refractivity contribution is 0.256. The van der Waals surface area contributed by atoms with E-state index in [-0.39, 0.29) is 5.96 Å². The number of benzene rings is 1. The first kappa shape index (κ1) is 12.7. The number of carbonyl (C=O) groups excluding carboxylic acids is 1.